The molecule has 0 unspecified atom stereocenters. The Morgan fingerprint density at radius 2 is 1.70 bits per heavy atom. The lowest BCUT2D eigenvalue weighted by Crippen LogP contribution is -2.49. The fraction of sp³-hybridized carbons (Fsp3) is 0.333. The zero-order chi connectivity index (χ0) is 18.6. The summed E-state index contributed by atoms with van der Waals surface area (Å²) in [5, 5.41) is 8.81. The first-order valence-corrected chi connectivity index (χ1v) is 10.2. The highest BCUT2D eigenvalue weighted by Crippen LogP contribution is 2.40. The van der Waals surface area contributed by atoms with Crippen molar-refractivity contribution in [3.8, 4) is 0 Å². The highest BCUT2D eigenvalue weighted by molar-refractivity contribution is 7.99. The van der Waals surface area contributed by atoms with E-state index < -0.39 is 5.97 Å². The van der Waals surface area contributed by atoms with Crippen LogP contribution in [0.5, 0.6) is 0 Å². The van der Waals surface area contributed by atoms with Crippen molar-refractivity contribution in [2.45, 2.75) is 22.6 Å². The molecule has 2 aliphatic rings. The second-order valence-electron chi connectivity index (χ2n) is 6.83. The van der Waals surface area contributed by atoms with Gasteiger partial charge in [-0.05, 0) is 31.2 Å². The van der Waals surface area contributed by atoms with Crippen LogP contribution in [0.15, 0.2) is 63.3 Å². The molecule has 4 rings (SSSR count). The van der Waals surface area contributed by atoms with Gasteiger partial charge in [0.2, 0.25) is 0 Å². The zero-order valence-corrected chi connectivity index (χ0v) is 16.0. The minimum atomic E-state index is -0.714. The Hall–Kier alpha value is -2.31. The quantitative estimate of drug-likeness (QED) is 0.875. The molecule has 1 saturated heterocycles. The Morgan fingerprint density at radius 1 is 1.00 bits per heavy atom. The van der Waals surface area contributed by atoms with E-state index in [-0.39, 0.29) is 6.42 Å². The van der Waals surface area contributed by atoms with E-state index in [1.807, 2.05) is 6.07 Å². The summed E-state index contributed by atoms with van der Waals surface area (Å²) in [6, 6.07) is 16.8. The number of carbonyl (C=O) groups is 1. The Bertz CT molecular complexity index is 860. The molecule has 140 valence electrons. The lowest BCUT2D eigenvalue weighted by atomic mass is 10.1. The molecule has 0 radical (unpaired) electrons. The summed E-state index contributed by atoms with van der Waals surface area (Å²) in [7, 11) is 0. The van der Waals surface area contributed by atoms with Crippen LogP contribution in [-0.2, 0) is 4.79 Å². The molecule has 0 aromatic heterocycles. The van der Waals surface area contributed by atoms with E-state index in [2.05, 4.69) is 52.3 Å². The smallest absolute Gasteiger partial charge is 0.303 e. The molecule has 0 atom stereocenters. The fourth-order valence-corrected chi connectivity index (χ4v) is 4.56. The van der Waals surface area contributed by atoms with Gasteiger partial charge in [-0.2, -0.15) is 0 Å². The second-order valence-corrected chi connectivity index (χ2v) is 7.91. The van der Waals surface area contributed by atoms with Gasteiger partial charge in [0.15, 0.2) is 0 Å². The standard InChI is InChI=1S/C21H23N3O2S/c25-20(26)10-5-11-23-12-14-24(15-13-23)21-16-6-1-3-8-18(16)27-19-9-4-2-7-17(19)22-21/h1-4,6-9H,5,10-15H2,(H,25,26). The second kappa shape index (κ2) is 8.15. The molecule has 27 heavy (non-hydrogen) atoms. The Balaban J connectivity index is 1.53. The molecule has 2 aromatic rings. The SMILES string of the molecule is O=C(O)CCCN1CCN(C2=Nc3ccccc3Sc3ccccc32)CC1. The van der Waals surface area contributed by atoms with Crippen molar-refractivity contribution >= 4 is 29.3 Å². The van der Waals surface area contributed by atoms with Gasteiger partial charge in [0.25, 0.3) is 0 Å². The van der Waals surface area contributed by atoms with Gasteiger partial charge in [-0.1, -0.05) is 42.1 Å². The first kappa shape index (κ1) is 18.1. The van der Waals surface area contributed by atoms with Crippen LogP contribution in [0.4, 0.5) is 5.69 Å². The van der Waals surface area contributed by atoms with Crippen molar-refractivity contribution in [1.29, 1.82) is 0 Å². The third-order valence-corrected chi connectivity index (χ3v) is 6.12. The normalized spacial score (nSPS) is 16.9. The Labute approximate surface area is 163 Å². The zero-order valence-electron chi connectivity index (χ0n) is 15.2. The Kier molecular flexibility index (Phi) is 5.45. The molecule has 6 heteroatoms. The van der Waals surface area contributed by atoms with E-state index >= 15 is 0 Å². The first-order chi connectivity index (χ1) is 13.2. The van der Waals surface area contributed by atoms with Crippen molar-refractivity contribution < 1.29 is 9.90 Å². The predicted octanol–water partition coefficient (Wildman–Crippen LogP) is 3.71. The van der Waals surface area contributed by atoms with E-state index in [9.17, 15) is 4.79 Å². The first-order valence-electron chi connectivity index (χ1n) is 9.35. The molecule has 2 aliphatic heterocycles. The summed E-state index contributed by atoms with van der Waals surface area (Å²) in [5.41, 5.74) is 2.22. The minimum Gasteiger partial charge on any atom is -0.481 e. The molecule has 2 aromatic carbocycles. The number of hydrogen-bond acceptors (Lipinski definition) is 5. The molecular formula is C21H23N3O2S. The summed E-state index contributed by atoms with van der Waals surface area (Å²) in [5.74, 6) is 0.336. The maximum atomic E-state index is 10.7. The van der Waals surface area contributed by atoms with E-state index in [0.29, 0.717) is 6.42 Å². The van der Waals surface area contributed by atoms with E-state index in [4.69, 9.17) is 10.1 Å². The summed E-state index contributed by atoms with van der Waals surface area (Å²) in [6.45, 7) is 4.55. The van der Waals surface area contributed by atoms with Crippen LogP contribution >= 0.6 is 11.8 Å². The van der Waals surface area contributed by atoms with Gasteiger partial charge in [0, 0.05) is 48.0 Å². The van der Waals surface area contributed by atoms with Gasteiger partial charge >= 0.3 is 5.97 Å². The van der Waals surface area contributed by atoms with Gasteiger partial charge in [-0.15, -0.1) is 0 Å². The number of carboxylic acid groups (broad SMARTS) is 1. The number of benzene rings is 2. The number of aliphatic carboxylic acids is 1. The lowest BCUT2D eigenvalue weighted by Gasteiger charge is -2.36. The average molecular weight is 382 g/mol. The number of piperazine rings is 1. The number of nitrogens with zero attached hydrogens (tertiary/aromatic N) is 3. The Morgan fingerprint density at radius 3 is 2.48 bits per heavy atom. The van der Waals surface area contributed by atoms with Crippen LogP contribution in [0.3, 0.4) is 0 Å². The molecule has 0 aliphatic carbocycles. The highest BCUT2D eigenvalue weighted by Gasteiger charge is 2.25. The number of para-hydroxylation sites is 1. The van der Waals surface area contributed by atoms with Crippen molar-refractivity contribution in [2.75, 3.05) is 32.7 Å². The van der Waals surface area contributed by atoms with Crippen molar-refractivity contribution in [1.82, 2.24) is 9.80 Å². The number of carboxylic acids is 1. The number of fused-ring (bicyclic) bond motifs is 2. The molecule has 5 nitrogen and oxygen atoms in total. The molecule has 0 amide bonds. The maximum Gasteiger partial charge on any atom is 0.303 e. The minimum absolute atomic E-state index is 0.244. The van der Waals surface area contributed by atoms with Crippen molar-refractivity contribution in [2.24, 2.45) is 4.99 Å². The van der Waals surface area contributed by atoms with Crippen LogP contribution in [0.1, 0.15) is 18.4 Å². The third-order valence-electron chi connectivity index (χ3n) is 4.98. The largest absolute Gasteiger partial charge is 0.481 e. The van der Waals surface area contributed by atoms with E-state index in [1.54, 1.807) is 11.8 Å². The summed E-state index contributed by atoms with van der Waals surface area (Å²) in [6.07, 6.45) is 0.956. The summed E-state index contributed by atoms with van der Waals surface area (Å²) in [4.78, 5) is 22.9. The molecule has 0 bridgehead atoms. The fourth-order valence-electron chi connectivity index (χ4n) is 3.55. The van der Waals surface area contributed by atoms with Crippen LogP contribution in [0.2, 0.25) is 0 Å². The van der Waals surface area contributed by atoms with Crippen LogP contribution in [0, 0.1) is 0 Å². The average Bonchev–Trinajstić information content (AvgIpc) is 2.85. The number of hydrogen-bond donors (Lipinski definition) is 1. The van der Waals surface area contributed by atoms with Gasteiger partial charge < -0.3 is 10.0 Å². The van der Waals surface area contributed by atoms with E-state index in [1.165, 1.54) is 15.4 Å². The lowest BCUT2D eigenvalue weighted by molar-refractivity contribution is -0.137. The monoisotopic (exact) mass is 381 g/mol. The van der Waals surface area contributed by atoms with Gasteiger partial charge in [-0.25, -0.2) is 4.99 Å². The van der Waals surface area contributed by atoms with Crippen LogP contribution in [0.25, 0.3) is 0 Å². The van der Waals surface area contributed by atoms with E-state index in [0.717, 1.165) is 44.2 Å². The summed E-state index contributed by atoms with van der Waals surface area (Å²) >= 11 is 1.78. The number of amidine groups is 1. The molecular weight excluding hydrogens is 358 g/mol. The topological polar surface area (TPSA) is 56.1 Å². The molecule has 1 N–H and O–H groups in total. The van der Waals surface area contributed by atoms with Gasteiger partial charge in [-0.3, -0.25) is 9.69 Å². The van der Waals surface area contributed by atoms with Crippen LogP contribution < -0.4 is 0 Å². The molecule has 2 heterocycles. The third kappa shape index (κ3) is 4.17. The molecule has 1 fully saturated rings. The summed E-state index contributed by atoms with van der Waals surface area (Å²) < 4.78 is 0. The predicted molar refractivity (Wildman–Crippen MR) is 108 cm³/mol. The molecule has 0 saturated carbocycles. The van der Waals surface area contributed by atoms with Crippen molar-refractivity contribution in [3.63, 3.8) is 0 Å². The number of aliphatic imine (C=N–C) groups is 1. The van der Waals surface area contributed by atoms with Gasteiger partial charge in [0.05, 0.1) is 5.69 Å². The number of rotatable bonds is 4. The van der Waals surface area contributed by atoms with Crippen molar-refractivity contribution in [3.05, 3.63) is 54.1 Å². The molecule has 0 spiro atoms. The maximum absolute atomic E-state index is 10.7. The van der Waals surface area contributed by atoms with Gasteiger partial charge in [0.1, 0.15) is 5.84 Å². The van der Waals surface area contributed by atoms with Crippen LogP contribution in [-0.4, -0.2) is 59.4 Å². The highest BCUT2D eigenvalue weighted by atomic mass is 32.2.